The van der Waals surface area contributed by atoms with E-state index in [4.69, 9.17) is 9.47 Å². The summed E-state index contributed by atoms with van der Waals surface area (Å²) >= 11 is 0. The smallest absolute Gasteiger partial charge is 0.309 e. The molecule has 0 saturated carbocycles. The molecule has 26 heavy (non-hydrogen) atoms. The molecule has 2 rings (SSSR count). The van der Waals surface area contributed by atoms with E-state index in [0.29, 0.717) is 0 Å². The summed E-state index contributed by atoms with van der Waals surface area (Å²) in [7, 11) is 0. The molecule has 0 spiro atoms. The summed E-state index contributed by atoms with van der Waals surface area (Å²) in [5.41, 5.74) is 1.09. The molecule has 1 fully saturated rings. The van der Waals surface area contributed by atoms with E-state index in [1.54, 1.807) is 0 Å². The molecule has 0 unspecified atom stereocenters. The summed E-state index contributed by atoms with van der Waals surface area (Å²) in [4.78, 5) is 12.1. The third-order valence-electron chi connectivity index (χ3n) is 5.26. The summed E-state index contributed by atoms with van der Waals surface area (Å²) in [5, 5.41) is 0. The van der Waals surface area contributed by atoms with Gasteiger partial charge >= 0.3 is 5.97 Å². The van der Waals surface area contributed by atoms with Crippen LogP contribution < -0.4 is 4.74 Å². The quantitative estimate of drug-likeness (QED) is 0.293. The first-order chi connectivity index (χ1) is 12.7. The van der Waals surface area contributed by atoms with E-state index in [2.05, 4.69) is 13.8 Å². The molecular weight excluding hydrogens is 324 g/mol. The number of unbranched alkanes of at least 4 members (excludes halogenated alkanes) is 7. The zero-order valence-electron chi connectivity index (χ0n) is 16.7. The standard InChI is InChI=1S/C23H36O3/c1-3-5-7-9-11-17-25-21-15-13-19(14-16-21)22-18-20(23(24)26-22)12-10-8-6-4-2/h13-16,20,22H,3-12,17-18H2,1-2H3/t20-,22-/m0/s1. The number of hydrogen-bond donors (Lipinski definition) is 0. The topological polar surface area (TPSA) is 35.5 Å². The van der Waals surface area contributed by atoms with Crippen LogP contribution in [0, 0.1) is 5.92 Å². The summed E-state index contributed by atoms with van der Waals surface area (Å²) in [6, 6.07) is 8.10. The van der Waals surface area contributed by atoms with Crippen LogP contribution >= 0.6 is 0 Å². The molecule has 0 aromatic heterocycles. The van der Waals surface area contributed by atoms with Crippen molar-refractivity contribution in [2.45, 2.75) is 90.6 Å². The molecule has 1 aliphatic heterocycles. The Labute approximate surface area is 159 Å². The maximum atomic E-state index is 12.1. The number of ether oxygens (including phenoxy) is 2. The molecule has 1 saturated heterocycles. The number of carbonyl (C=O) groups is 1. The van der Waals surface area contributed by atoms with Crippen molar-refractivity contribution in [3.8, 4) is 5.75 Å². The first kappa shape index (κ1) is 20.8. The fourth-order valence-electron chi connectivity index (χ4n) is 3.57. The predicted octanol–water partition coefficient (Wildman–Crippen LogP) is 6.61. The number of carbonyl (C=O) groups excluding carboxylic acids is 1. The van der Waals surface area contributed by atoms with Crippen molar-refractivity contribution in [2.24, 2.45) is 5.92 Å². The number of esters is 1. The number of rotatable bonds is 13. The molecule has 1 aliphatic rings. The molecule has 146 valence electrons. The van der Waals surface area contributed by atoms with E-state index in [1.807, 2.05) is 24.3 Å². The first-order valence-electron chi connectivity index (χ1n) is 10.7. The molecule has 3 nitrogen and oxygen atoms in total. The van der Waals surface area contributed by atoms with Crippen LogP contribution in [0.5, 0.6) is 5.75 Å². The van der Waals surface area contributed by atoms with E-state index in [9.17, 15) is 4.79 Å². The van der Waals surface area contributed by atoms with Crippen molar-refractivity contribution in [1.82, 2.24) is 0 Å². The Morgan fingerprint density at radius 1 is 0.923 bits per heavy atom. The van der Waals surface area contributed by atoms with Crippen molar-refractivity contribution < 1.29 is 14.3 Å². The molecule has 0 bridgehead atoms. The third-order valence-corrected chi connectivity index (χ3v) is 5.26. The lowest BCUT2D eigenvalue weighted by atomic mass is 9.95. The molecule has 1 aromatic rings. The van der Waals surface area contributed by atoms with Gasteiger partial charge in [0, 0.05) is 6.42 Å². The summed E-state index contributed by atoms with van der Waals surface area (Å²) in [6.07, 6.45) is 12.8. The Morgan fingerprint density at radius 2 is 1.58 bits per heavy atom. The Hall–Kier alpha value is -1.51. The van der Waals surface area contributed by atoms with Gasteiger partial charge < -0.3 is 9.47 Å². The normalized spacial score (nSPS) is 19.5. The van der Waals surface area contributed by atoms with Crippen LogP contribution in [0.4, 0.5) is 0 Å². The van der Waals surface area contributed by atoms with Gasteiger partial charge in [-0.1, -0.05) is 77.3 Å². The molecule has 1 heterocycles. The molecular formula is C23H36O3. The molecule has 0 N–H and O–H groups in total. The summed E-state index contributed by atoms with van der Waals surface area (Å²) in [6.45, 7) is 5.22. The number of benzene rings is 1. The Morgan fingerprint density at radius 3 is 2.27 bits per heavy atom. The highest BCUT2D eigenvalue weighted by Gasteiger charge is 2.34. The van der Waals surface area contributed by atoms with Crippen LogP contribution in [0.1, 0.15) is 96.1 Å². The maximum Gasteiger partial charge on any atom is 0.309 e. The Kier molecular flexibility index (Phi) is 9.58. The Bertz CT molecular complexity index is 509. The SMILES string of the molecule is CCCCCCCOc1ccc([C@@H]2C[C@H](CCCCCC)C(=O)O2)cc1. The van der Waals surface area contributed by atoms with Crippen molar-refractivity contribution in [1.29, 1.82) is 0 Å². The van der Waals surface area contributed by atoms with E-state index >= 15 is 0 Å². The average molecular weight is 361 g/mol. The zero-order valence-corrected chi connectivity index (χ0v) is 16.7. The third kappa shape index (κ3) is 7.01. The van der Waals surface area contributed by atoms with Crippen LogP contribution in [0.25, 0.3) is 0 Å². The lowest BCUT2D eigenvalue weighted by molar-refractivity contribution is -0.144. The predicted molar refractivity (Wildman–Crippen MR) is 106 cm³/mol. The highest BCUT2D eigenvalue weighted by molar-refractivity contribution is 5.74. The summed E-state index contributed by atoms with van der Waals surface area (Å²) < 4.78 is 11.4. The van der Waals surface area contributed by atoms with Gasteiger partial charge in [0.2, 0.25) is 0 Å². The van der Waals surface area contributed by atoms with Crippen molar-refractivity contribution in [3.05, 3.63) is 29.8 Å². The van der Waals surface area contributed by atoms with Crippen LogP contribution in [-0.4, -0.2) is 12.6 Å². The van der Waals surface area contributed by atoms with Gasteiger partial charge in [0.25, 0.3) is 0 Å². The highest BCUT2D eigenvalue weighted by Crippen LogP contribution is 2.36. The monoisotopic (exact) mass is 360 g/mol. The van der Waals surface area contributed by atoms with Crippen LogP contribution in [0.15, 0.2) is 24.3 Å². The van der Waals surface area contributed by atoms with E-state index in [1.165, 1.54) is 44.9 Å². The van der Waals surface area contributed by atoms with Gasteiger partial charge in [-0.2, -0.15) is 0 Å². The average Bonchev–Trinajstić information content (AvgIpc) is 3.03. The number of cyclic esters (lactones) is 1. The molecule has 0 amide bonds. The van der Waals surface area contributed by atoms with Crippen molar-refractivity contribution >= 4 is 5.97 Å². The van der Waals surface area contributed by atoms with Gasteiger partial charge in [-0.25, -0.2) is 0 Å². The minimum atomic E-state index is -0.0817. The van der Waals surface area contributed by atoms with Gasteiger partial charge in [0.1, 0.15) is 11.9 Å². The molecule has 0 radical (unpaired) electrons. The van der Waals surface area contributed by atoms with E-state index < -0.39 is 0 Å². The second kappa shape index (κ2) is 12.0. The van der Waals surface area contributed by atoms with Crippen LogP contribution in [0.2, 0.25) is 0 Å². The molecule has 2 atom stereocenters. The van der Waals surface area contributed by atoms with Gasteiger partial charge in [-0.05, 0) is 30.5 Å². The van der Waals surface area contributed by atoms with Crippen LogP contribution in [-0.2, 0) is 9.53 Å². The summed E-state index contributed by atoms with van der Waals surface area (Å²) in [5.74, 6) is 0.972. The highest BCUT2D eigenvalue weighted by atomic mass is 16.6. The van der Waals surface area contributed by atoms with Gasteiger partial charge in [-0.15, -0.1) is 0 Å². The molecule has 1 aromatic carbocycles. The van der Waals surface area contributed by atoms with Crippen molar-refractivity contribution in [3.63, 3.8) is 0 Å². The van der Waals surface area contributed by atoms with Crippen molar-refractivity contribution in [2.75, 3.05) is 6.61 Å². The Balaban J connectivity index is 1.71. The fourth-order valence-corrected chi connectivity index (χ4v) is 3.57. The van der Waals surface area contributed by atoms with E-state index in [-0.39, 0.29) is 18.0 Å². The van der Waals surface area contributed by atoms with Gasteiger partial charge in [0.15, 0.2) is 0 Å². The largest absolute Gasteiger partial charge is 0.494 e. The fraction of sp³-hybridized carbons (Fsp3) is 0.696. The molecule has 0 aliphatic carbocycles. The van der Waals surface area contributed by atoms with Gasteiger partial charge in [-0.3, -0.25) is 4.79 Å². The lowest BCUT2D eigenvalue weighted by Gasteiger charge is -2.11. The second-order valence-electron chi connectivity index (χ2n) is 7.54. The second-order valence-corrected chi connectivity index (χ2v) is 7.54. The van der Waals surface area contributed by atoms with Crippen LogP contribution in [0.3, 0.4) is 0 Å². The van der Waals surface area contributed by atoms with Gasteiger partial charge in [0.05, 0.1) is 12.5 Å². The maximum absolute atomic E-state index is 12.1. The first-order valence-corrected chi connectivity index (χ1v) is 10.7. The lowest BCUT2D eigenvalue weighted by Crippen LogP contribution is -2.06. The molecule has 3 heteroatoms. The minimum Gasteiger partial charge on any atom is -0.494 e. The van der Waals surface area contributed by atoms with E-state index in [0.717, 1.165) is 43.6 Å². The zero-order chi connectivity index (χ0) is 18.6. The number of hydrogen-bond acceptors (Lipinski definition) is 3. The minimum absolute atomic E-state index is 0.0149.